The number of benzene rings is 3. The van der Waals surface area contributed by atoms with Crippen molar-refractivity contribution in [3.05, 3.63) is 101 Å². The molecule has 0 aromatic heterocycles. The van der Waals surface area contributed by atoms with E-state index in [9.17, 15) is 9.59 Å². The predicted octanol–water partition coefficient (Wildman–Crippen LogP) is 5.17. The molecule has 5 heteroatoms. The van der Waals surface area contributed by atoms with Crippen LogP contribution in [0.4, 0.5) is 0 Å². The number of amides is 2. The SMILES string of the molecule is Cc1cccc(C2c3cc(OC(C)C(=O)N4CCCC4)ccc3CCN2C(=O)c2ccccc2)c1. The summed E-state index contributed by atoms with van der Waals surface area (Å²) in [6.45, 7) is 6.15. The molecule has 2 aliphatic heterocycles. The normalized spacial score (nSPS) is 18.2. The zero-order chi connectivity index (χ0) is 24.4. The molecule has 2 aliphatic rings. The van der Waals surface area contributed by atoms with Gasteiger partial charge in [-0.05, 0) is 74.1 Å². The lowest BCUT2D eigenvalue weighted by molar-refractivity contribution is -0.136. The van der Waals surface area contributed by atoms with E-state index in [2.05, 4.69) is 31.2 Å². The van der Waals surface area contributed by atoms with Crippen molar-refractivity contribution in [2.24, 2.45) is 0 Å². The van der Waals surface area contributed by atoms with Crippen molar-refractivity contribution in [2.75, 3.05) is 19.6 Å². The highest BCUT2D eigenvalue weighted by Crippen LogP contribution is 2.38. The molecule has 2 heterocycles. The second-order valence-electron chi connectivity index (χ2n) is 9.58. The Hall–Kier alpha value is -3.60. The van der Waals surface area contributed by atoms with Crippen molar-refractivity contribution in [2.45, 2.75) is 45.3 Å². The van der Waals surface area contributed by atoms with Gasteiger partial charge >= 0.3 is 0 Å². The van der Waals surface area contributed by atoms with Crippen LogP contribution in [0.3, 0.4) is 0 Å². The van der Waals surface area contributed by atoms with Crippen molar-refractivity contribution in [1.29, 1.82) is 0 Å². The van der Waals surface area contributed by atoms with Crippen LogP contribution >= 0.6 is 0 Å². The molecule has 0 radical (unpaired) electrons. The van der Waals surface area contributed by atoms with E-state index in [1.54, 1.807) is 0 Å². The summed E-state index contributed by atoms with van der Waals surface area (Å²) in [4.78, 5) is 30.3. The van der Waals surface area contributed by atoms with Gasteiger partial charge in [0.25, 0.3) is 11.8 Å². The Bertz CT molecular complexity index is 1220. The van der Waals surface area contributed by atoms with Crippen LogP contribution in [-0.4, -0.2) is 47.4 Å². The van der Waals surface area contributed by atoms with Gasteiger partial charge in [-0.3, -0.25) is 9.59 Å². The first-order chi connectivity index (χ1) is 17.0. The molecule has 0 saturated carbocycles. The Labute approximate surface area is 207 Å². The summed E-state index contributed by atoms with van der Waals surface area (Å²) in [7, 11) is 0. The topological polar surface area (TPSA) is 49.9 Å². The van der Waals surface area contributed by atoms with E-state index in [0.29, 0.717) is 17.9 Å². The van der Waals surface area contributed by atoms with E-state index in [4.69, 9.17) is 4.74 Å². The lowest BCUT2D eigenvalue weighted by Gasteiger charge is -2.38. The van der Waals surface area contributed by atoms with Crippen LogP contribution in [0.5, 0.6) is 5.75 Å². The van der Waals surface area contributed by atoms with E-state index in [1.807, 2.05) is 65.3 Å². The lowest BCUT2D eigenvalue weighted by atomic mass is 9.87. The van der Waals surface area contributed by atoms with E-state index in [-0.39, 0.29) is 17.9 Å². The maximum Gasteiger partial charge on any atom is 0.263 e. The van der Waals surface area contributed by atoms with Crippen LogP contribution in [-0.2, 0) is 11.2 Å². The van der Waals surface area contributed by atoms with Crippen molar-refractivity contribution < 1.29 is 14.3 Å². The number of carbonyl (C=O) groups is 2. The number of rotatable bonds is 5. The average Bonchev–Trinajstić information content (AvgIpc) is 3.42. The van der Waals surface area contributed by atoms with E-state index >= 15 is 0 Å². The first kappa shape index (κ1) is 23.2. The number of likely N-dealkylation sites (tertiary alicyclic amines) is 1. The average molecular weight is 469 g/mol. The van der Waals surface area contributed by atoms with Crippen LogP contribution in [0.1, 0.15) is 58.4 Å². The van der Waals surface area contributed by atoms with Crippen LogP contribution in [0.15, 0.2) is 72.8 Å². The molecule has 2 unspecified atom stereocenters. The van der Waals surface area contributed by atoms with Crippen molar-refractivity contribution in [3.8, 4) is 5.75 Å². The molecule has 5 nitrogen and oxygen atoms in total. The van der Waals surface area contributed by atoms with Gasteiger partial charge in [0.15, 0.2) is 6.10 Å². The summed E-state index contributed by atoms with van der Waals surface area (Å²) < 4.78 is 6.15. The summed E-state index contributed by atoms with van der Waals surface area (Å²) in [6.07, 6.45) is 2.34. The Morgan fingerprint density at radius 3 is 2.43 bits per heavy atom. The minimum absolute atomic E-state index is 0.0201. The molecule has 1 fully saturated rings. The molecule has 2 atom stereocenters. The third-order valence-electron chi connectivity index (χ3n) is 7.06. The first-order valence-electron chi connectivity index (χ1n) is 12.5. The second-order valence-corrected chi connectivity index (χ2v) is 9.58. The zero-order valence-electron chi connectivity index (χ0n) is 20.4. The summed E-state index contributed by atoms with van der Waals surface area (Å²) in [5.41, 5.74) is 5.18. The fraction of sp³-hybridized carbons (Fsp3) is 0.333. The van der Waals surface area contributed by atoms with Gasteiger partial charge in [0.2, 0.25) is 0 Å². The minimum atomic E-state index is -0.547. The van der Waals surface area contributed by atoms with Crippen molar-refractivity contribution in [3.63, 3.8) is 0 Å². The fourth-order valence-electron chi connectivity index (χ4n) is 5.28. The molecule has 0 bridgehead atoms. The molecule has 2 amide bonds. The molecular weight excluding hydrogens is 436 g/mol. The second kappa shape index (κ2) is 9.95. The molecule has 3 aromatic rings. The van der Waals surface area contributed by atoms with Gasteiger partial charge in [-0.1, -0.05) is 54.1 Å². The Morgan fingerprint density at radius 2 is 1.69 bits per heavy atom. The maximum absolute atomic E-state index is 13.6. The van der Waals surface area contributed by atoms with E-state index in [0.717, 1.165) is 49.0 Å². The quantitative estimate of drug-likeness (QED) is 0.519. The van der Waals surface area contributed by atoms with Gasteiger partial charge in [0, 0.05) is 25.2 Å². The molecule has 1 saturated heterocycles. The maximum atomic E-state index is 13.6. The highest BCUT2D eigenvalue weighted by molar-refractivity contribution is 5.95. The number of hydrogen-bond donors (Lipinski definition) is 0. The molecule has 0 spiro atoms. The third-order valence-corrected chi connectivity index (χ3v) is 7.06. The number of fused-ring (bicyclic) bond motifs is 1. The van der Waals surface area contributed by atoms with E-state index < -0.39 is 6.10 Å². The fourth-order valence-corrected chi connectivity index (χ4v) is 5.28. The number of aryl methyl sites for hydroxylation is 1. The van der Waals surface area contributed by atoms with Gasteiger partial charge in [0.05, 0.1) is 6.04 Å². The van der Waals surface area contributed by atoms with E-state index in [1.165, 1.54) is 5.56 Å². The molecule has 35 heavy (non-hydrogen) atoms. The number of hydrogen-bond acceptors (Lipinski definition) is 3. The number of carbonyl (C=O) groups excluding carboxylic acids is 2. The van der Waals surface area contributed by atoms with Gasteiger partial charge in [-0.2, -0.15) is 0 Å². The van der Waals surface area contributed by atoms with Crippen molar-refractivity contribution >= 4 is 11.8 Å². The summed E-state index contributed by atoms with van der Waals surface area (Å²) >= 11 is 0. The Morgan fingerprint density at radius 1 is 0.914 bits per heavy atom. The van der Waals surface area contributed by atoms with Crippen molar-refractivity contribution in [1.82, 2.24) is 9.80 Å². The molecule has 3 aromatic carbocycles. The monoisotopic (exact) mass is 468 g/mol. The number of ether oxygens (including phenoxy) is 1. The summed E-state index contributed by atoms with van der Waals surface area (Å²) in [6, 6.07) is 23.7. The largest absolute Gasteiger partial charge is 0.481 e. The molecule has 5 rings (SSSR count). The summed E-state index contributed by atoms with van der Waals surface area (Å²) in [5.74, 6) is 0.721. The molecule has 0 aliphatic carbocycles. The lowest BCUT2D eigenvalue weighted by Crippen LogP contribution is -2.41. The smallest absolute Gasteiger partial charge is 0.263 e. The zero-order valence-corrected chi connectivity index (χ0v) is 20.4. The molecule has 180 valence electrons. The van der Waals surface area contributed by atoms with Gasteiger partial charge in [-0.25, -0.2) is 0 Å². The first-order valence-corrected chi connectivity index (χ1v) is 12.5. The highest BCUT2D eigenvalue weighted by Gasteiger charge is 2.33. The molecular formula is C30H32N2O3. The van der Waals surface area contributed by atoms with Crippen LogP contribution in [0.2, 0.25) is 0 Å². The van der Waals surface area contributed by atoms with Gasteiger partial charge < -0.3 is 14.5 Å². The number of nitrogens with zero attached hydrogens (tertiary/aromatic N) is 2. The molecule has 0 N–H and O–H groups in total. The summed E-state index contributed by atoms with van der Waals surface area (Å²) in [5, 5.41) is 0. The van der Waals surface area contributed by atoms with Crippen LogP contribution in [0.25, 0.3) is 0 Å². The highest BCUT2D eigenvalue weighted by atomic mass is 16.5. The Balaban J connectivity index is 1.49. The van der Waals surface area contributed by atoms with Crippen LogP contribution < -0.4 is 4.74 Å². The predicted molar refractivity (Wildman–Crippen MR) is 137 cm³/mol. The minimum Gasteiger partial charge on any atom is -0.481 e. The van der Waals surface area contributed by atoms with Gasteiger partial charge in [0.1, 0.15) is 5.75 Å². The Kier molecular flexibility index (Phi) is 6.58. The standard InChI is InChI=1S/C30H32N2O3/c1-21-9-8-12-25(19-21)28-27-20-26(35-22(2)29(33)31-16-6-7-17-31)14-13-23(27)15-18-32(28)30(34)24-10-4-3-5-11-24/h3-5,8-14,19-20,22,28H,6-7,15-18H2,1-2H3. The third kappa shape index (κ3) is 4.81. The van der Waals surface area contributed by atoms with Gasteiger partial charge in [-0.15, -0.1) is 0 Å². The van der Waals surface area contributed by atoms with Crippen LogP contribution in [0, 0.1) is 6.92 Å².